The average Bonchev–Trinajstić information content (AvgIpc) is 2.98. The van der Waals surface area contributed by atoms with Crippen molar-refractivity contribution in [2.24, 2.45) is 0 Å². The molecular formula is C11H14BrNO2S. The topological polar surface area (TPSA) is 46.2 Å². The van der Waals surface area contributed by atoms with Crippen LogP contribution >= 0.6 is 15.9 Å². The van der Waals surface area contributed by atoms with E-state index in [-0.39, 0.29) is 5.54 Å². The summed E-state index contributed by atoms with van der Waals surface area (Å²) >= 11 is 3.34. The molecule has 1 N–H and O–H groups in total. The summed E-state index contributed by atoms with van der Waals surface area (Å²) in [6.45, 7) is 1.94. The zero-order valence-electron chi connectivity index (χ0n) is 9.03. The first-order chi connectivity index (χ1) is 7.47. The number of hydrogen-bond donors (Lipinski definition) is 1. The lowest BCUT2D eigenvalue weighted by Gasteiger charge is -2.14. The van der Waals surface area contributed by atoms with Crippen molar-refractivity contribution in [3.05, 3.63) is 29.8 Å². The van der Waals surface area contributed by atoms with Gasteiger partial charge in [0, 0.05) is 10.9 Å². The Morgan fingerprint density at radius 1 is 1.31 bits per heavy atom. The molecule has 0 spiro atoms. The van der Waals surface area contributed by atoms with Crippen LogP contribution < -0.4 is 4.72 Å². The summed E-state index contributed by atoms with van der Waals surface area (Å²) < 4.78 is 26.8. The molecule has 0 amide bonds. The van der Waals surface area contributed by atoms with E-state index >= 15 is 0 Å². The van der Waals surface area contributed by atoms with Gasteiger partial charge < -0.3 is 0 Å². The van der Waals surface area contributed by atoms with Gasteiger partial charge in [0.05, 0.1) is 4.90 Å². The minimum absolute atomic E-state index is 0.246. The lowest BCUT2D eigenvalue weighted by atomic mass is 10.2. The highest BCUT2D eigenvalue weighted by Gasteiger charge is 2.45. The van der Waals surface area contributed by atoms with E-state index in [9.17, 15) is 8.42 Å². The standard InChI is InChI=1S/C11H14BrNO2S/c1-9-2-4-10(5-3-9)16(14,15)13-11(8-12)6-7-11/h2-5,13H,6-8H2,1H3. The minimum atomic E-state index is -3.36. The van der Waals surface area contributed by atoms with E-state index in [4.69, 9.17) is 0 Å². The molecule has 16 heavy (non-hydrogen) atoms. The average molecular weight is 304 g/mol. The van der Waals surface area contributed by atoms with E-state index in [1.54, 1.807) is 12.1 Å². The molecule has 2 rings (SSSR count). The molecule has 0 unspecified atom stereocenters. The van der Waals surface area contributed by atoms with Gasteiger partial charge in [-0.3, -0.25) is 0 Å². The molecule has 0 atom stereocenters. The van der Waals surface area contributed by atoms with E-state index < -0.39 is 10.0 Å². The quantitative estimate of drug-likeness (QED) is 0.867. The number of rotatable bonds is 4. The van der Waals surface area contributed by atoms with Gasteiger partial charge in [0.1, 0.15) is 0 Å². The van der Waals surface area contributed by atoms with Gasteiger partial charge in [0.2, 0.25) is 10.0 Å². The first-order valence-electron chi connectivity index (χ1n) is 5.14. The minimum Gasteiger partial charge on any atom is -0.207 e. The molecule has 1 aromatic carbocycles. The number of benzene rings is 1. The summed E-state index contributed by atoms with van der Waals surface area (Å²) in [5.41, 5.74) is 0.810. The third-order valence-electron chi connectivity index (χ3n) is 2.79. The maximum absolute atomic E-state index is 12.0. The van der Waals surface area contributed by atoms with Gasteiger partial charge in [0.25, 0.3) is 0 Å². The van der Waals surface area contributed by atoms with Crippen LogP contribution in [0.1, 0.15) is 18.4 Å². The molecule has 1 aromatic rings. The Balaban J connectivity index is 2.22. The van der Waals surface area contributed by atoms with Gasteiger partial charge in [-0.05, 0) is 31.9 Å². The van der Waals surface area contributed by atoms with Crippen LogP contribution in [0.5, 0.6) is 0 Å². The zero-order chi connectivity index (χ0) is 11.8. The molecule has 1 fully saturated rings. The molecule has 0 radical (unpaired) electrons. The van der Waals surface area contributed by atoms with Gasteiger partial charge in [-0.25, -0.2) is 13.1 Å². The highest BCUT2D eigenvalue weighted by molar-refractivity contribution is 9.09. The summed E-state index contributed by atoms with van der Waals surface area (Å²) in [4.78, 5) is 0.338. The molecule has 1 aliphatic rings. The summed E-state index contributed by atoms with van der Waals surface area (Å²) in [5.74, 6) is 0. The number of sulfonamides is 1. The van der Waals surface area contributed by atoms with Crippen molar-refractivity contribution >= 4 is 26.0 Å². The second-order valence-electron chi connectivity index (χ2n) is 4.33. The fourth-order valence-corrected chi connectivity index (χ4v) is 3.82. The monoisotopic (exact) mass is 303 g/mol. The van der Waals surface area contributed by atoms with Crippen molar-refractivity contribution in [2.75, 3.05) is 5.33 Å². The number of hydrogen-bond acceptors (Lipinski definition) is 2. The third-order valence-corrected chi connectivity index (χ3v) is 5.46. The van der Waals surface area contributed by atoms with Crippen molar-refractivity contribution in [2.45, 2.75) is 30.2 Å². The molecule has 88 valence electrons. The molecule has 0 heterocycles. The maximum Gasteiger partial charge on any atom is 0.241 e. The molecule has 5 heteroatoms. The molecule has 0 aromatic heterocycles. The second kappa shape index (κ2) is 4.13. The van der Waals surface area contributed by atoms with Crippen molar-refractivity contribution in [1.82, 2.24) is 4.72 Å². The largest absolute Gasteiger partial charge is 0.241 e. The summed E-state index contributed by atoms with van der Waals surface area (Å²) in [5, 5.41) is 0.672. The predicted octanol–water partition coefficient (Wildman–Crippen LogP) is 2.20. The molecule has 0 aliphatic heterocycles. The first-order valence-corrected chi connectivity index (χ1v) is 7.75. The smallest absolute Gasteiger partial charge is 0.207 e. The van der Waals surface area contributed by atoms with Crippen molar-refractivity contribution in [1.29, 1.82) is 0 Å². The fraction of sp³-hybridized carbons (Fsp3) is 0.455. The zero-order valence-corrected chi connectivity index (χ0v) is 11.4. The van der Waals surface area contributed by atoms with Gasteiger partial charge in [-0.1, -0.05) is 33.6 Å². The summed E-state index contributed by atoms with van der Waals surface area (Å²) in [7, 11) is -3.36. The van der Waals surface area contributed by atoms with Crippen LogP contribution in [0.3, 0.4) is 0 Å². The Morgan fingerprint density at radius 3 is 2.31 bits per heavy atom. The van der Waals surface area contributed by atoms with Gasteiger partial charge in [0.15, 0.2) is 0 Å². The normalized spacial score (nSPS) is 18.4. The van der Waals surface area contributed by atoms with Crippen molar-refractivity contribution < 1.29 is 8.42 Å². The first kappa shape index (κ1) is 12.1. The van der Waals surface area contributed by atoms with Crippen LogP contribution in [0.25, 0.3) is 0 Å². The van der Waals surface area contributed by atoms with E-state index in [2.05, 4.69) is 20.7 Å². The second-order valence-corrected chi connectivity index (χ2v) is 6.58. The van der Waals surface area contributed by atoms with Crippen LogP contribution in [0.4, 0.5) is 0 Å². The SMILES string of the molecule is Cc1ccc(S(=O)(=O)NC2(CBr)CC2)cc1. The van der Waals surface area contributed by atoms with Gasteiger partial charge in [-0.2, -0.15) is 0 Å². The number of alkyl halides is 1. The van der Waals surface area contributed by atoms with Gasteiger partial charge in [-0.15, -0.1) is 0 Å². The Hall–Kier alpha value is -0.390. The van der Waals surface area contributed by atoms with Crippen LogP contribution in [-0.4, -0.2) is 19.3 Å². The number of aryl methyl sites for hydroxylation is 1. The van der Waals surface area contributed by atoms with Crippen LogP contribution in [-0.2, 0) is 10.0 Å². The van der Waals surface area contributed by atoms with Crippen molar-refractivity contribution in [3.8, 4) is 0 Å². The lowest BCUT2D eigenvalue weighted by Crippen LogP contribution is -2.37. The highest BCUT2D eigenvalue weighted by Crippen LogP contribution is 2.38. The van der Waals surface area contributed by atoms with E-state index in [1.807, 2.05) is 19.1 Å². The van der Waals surface area contributed by atoms with Gasteiger partial charge >= 0.3 is 0 Å². The van der Waals surface area contributed by atoms with E-state index in [0.29, 0.717) is 10.2 Å². The van der Waals surface area contributed by atoms with E-state index in [0.717, 1.165) is 18.4 Å². The molecule has 0 saturated heterocycles. The predicted molar refractivity (Wildman–Crippen MR) is 67.3 cm³/mol. The Labute approximate surface area is 104 Å². The fourth-order valence-electron chi connectivity index (χ4n) is 1.48. The molecule has 3 nitrogen and oxygen atoms in total. The van der Waals surface area contributed by atoms with Crippen LogP contribution in [0.2, 0.25) is 0 Å². The molecule has 0 bridgehead atoms. The molecule has 1 saturated carbocycles. The molecule has 1 aliphatic carbocycles. The van der Waals surface area contributed by atoms with Crippen molar-refractivity contribution in [3.63, 3.8) is 0 Å². The lowest BCUT2D eigenvalue weighted by molar-refractivity contribution is 0.561. The Bertz CT molecular complexity index is 477. The summed E-state index contributed by atoms with van der Waals surface area (Å²) in [6, 6.07) is 6.90. The number of nitrogens with one attached hydrogen (secondary N) is 1. The third kappa shape index (κ3) is 2.47. The molecular weight excluding hydrogens is 290 g/mol. The maximum atomic E-state index is 12.0. The Morgan fingerprint density at radius 2 is 1.88 bits per heavy atom. The number of halogens is 1. The van der Waals surface area contributed by atoms with E-state index in [1.165, 1.54) is 0 Å². The van der Waals surface area contributed by atoms with Crippen LogP contribution in [0, 0.1) is 6.92 Å². The Kier molecular flexibility index (Phi) is 3.11. The highest BCUT2D eigenvalue weighted by atomic mass is 79.9. The van der Waals surface area contributed by atoms with Crippen LogP contribution in [0.15, 0.2) is 29.2 Å². The summed E-state index contributed by atoms with van der Waals surface area (Å²) in [6.07, 6.45) is 1.81.